The summed E-state index contributed by atoms with van der Waals surface area (Å²) >= 11 is 0. The zero-order valence-electron chi connectivity index (χ0n) is 10.1. The Kier molecular flexibility index (Phi) is 3.19. The summed E-state index contributed by atoms with van der Waals surface area (Å²) in [4.78, 5) is 1.89. The lowest BCUT2D eigenvalue weighted by Gasteiger charge is -2.38. The fourth-order valence-electron chi connectivity index (χ4n) is 2.53. The number of likely N-dealkylation sites (N-methyl/N-ethyl adjacent to an activating group) is 1. The summed E-state index contributed by atoms with van der Waals surface area (Å²) in [6.45, 7) is 2.69. The Balaban J connectivity index is 2.48. The maximum Gasteiger partial charge on any atom is 0.135 e. The van der Waals surface area contributed by atoms with Crippen LogP contribution in [0.2, 0.25) is 0 Å². The Labute approximate surface area is 99.9 Å². The number of benzene rings is 1. The lowest BCUT2D eigenvalue weighted by molar-refractivity contribution is -0.0331. The molecular weight excluding hydrogens is 224 g/mol. The molecule has 0 radical (unpaired) electrons. The first-order valence-corrected chi connectivity index (χ1v) is 5.80. The normalized spacial score (nSPS) is 26.2. The summed E-state index contributed by atoms with van der Waals surface area (Å²) in [5, 5.41) is 10.5. The molecule has 0 aliphatic carbocycles. The van der Waals surface area contributed by atoms with Crippen LogP contribution in [0.15, 0.2) is 12.1 Å². The van der Waals surface area contributed by atoms with Gasteiger partial charge in [-0.1, -0.05) is 6.07 Å². The van der Waals surface area contributed by atoms with Crippen LogP contribution in [0.1, 0.15) is 24.0 Å². The number of likely N-dealkylation sites (tertiary alicyclic amines) is 1. The average molecular weight is 241 g/mol. The predicted octanol–water partition coefficient (Wildman–Crippen LogP) is 2.19. The molecule has 0 spiro atoms. The van der Waals surface area contributed by atoms with Gasteiger partial charge in [0.1, 0.15) is 17.2 Å². The van der Waals surface area contributed by atoms with Crippen LogP contribution in [0.5, 0.6) is 0 Å². The van der Waals surface area contributed by atoms with Gasteiger partial charge in [-0.15, -0.1) is 0 Å². The summed E-state index contributed by atoms with van der Waals surface area (Å²) < 4.78 is 27.8. The molecule has 0 aromatic heterocycles. The first kappa shape index (κ1) is 12.5. The molecule has 17 heavy (non-hydrogen) atoms. The number of rotatable bonds is 1. The number of halogens is 2. The van der Waals surface area contributed by atoms with Gasteiger partial charge in [0.15, 0.2) is 0 Å². The van der Waals surface area contributed by atoms with Crippen molar-refractivity contribution in [1.29, 1.82) is 0 Å². The van der Waals surface area contributed by atoms with Crippen molar-refractivity contribution in [3.05, 3.63) is 34.9 Å². The van der Waals surface area contributed by atoms with Gasteiger partial charge in [0.05, 0.1) is 5.56 Å². The van der Waals surface area contributed by atoms with E-state index in [1.165, 1.54) is 12.1 Å². The minimum Gasteiger partial charge on any atom is -0.384 e. The third-order valence-corrected chi connectivity index (χ3v) is 3.41. The molecule has 1 atom stereocenters. The van der Waals surface area contributed by atoms with Gasteiger partial charge < -0.3 is 10.0 Å². The zero-order chi connectivity index (χ0) is 12.6. The highest BCUT2D eigenvalue weighted by Crippen LogP contribution is 2.35. The van der Waals surface area contributed by atoms with E-state index in [2.05, 4.69) is 0 Å². The molecule has 1 aromatic carbocycles. The highest BCUT2D eigenvalue weighted by Gasteiger charge is 2.38. The van der Waals surface area contributed by atoms with Crippen LogP contribution in [0.3, 0.4) is 0 Å². The minimum atomic E-state index is -1.41. The fourth-order valence-corrected chi connectivity index (χ4v) is 2.53. The number of β-amino-alcohol motifs (C(OH)–C–C–N with tert-alkyl or cyclic N) is 1. The van der Waals surface area contributed by atoms with E-state index in [1.54, 1.807) is 6.92 Å². The Morgan fingerprint density at radius 1 is 1.35 bits per heavy atom. The fraction of sp³-hybridized carbons (Fsp3) is 0.538. The van der Waals surface area contributed by atoms with E-state index in [0.29, 0.717) is 12.0 Å². The molecule has 0 amide bonds. The topological polar surface area (TPSA) is 23.5 Å². The second-order valence-corrected chi connectivity index (χ2v) is 4.93. The first-order valence-electron chi connectivity index (χ1n) is 5.80. The third kappa shape index (κ3) is 2.19. The molecule has 1 fully saturated rings. The molecule has 1 N–H and O–H groups in total. The van der Waals surface area contributed by atoms with Crippen LogP contribution < -0.4 is 0 Å². The number of piperidine rings is 1. The van der Waals surface area contributed by atoms with Crippen molar-refractivity contribution in [3.63, 3.8) is 0 Å². The lowest BCUT2D eigenvalue weighted by atomic mass is 9.84. The minimum absolute atomic E-state index is 0.177. The second-order valence-electron chi connectivity index (χ2n) is 4.93. The van der Waals surface area contributed by atoms with E-state index >= 15 is 0 Å². The molecular formula is C13H17F2NO. The zero-order valence-corrected chi connectivity index (χ0v) is 10.1. The quantitative estimate of drug-likeness (QED) is 0.814. The highest BCUT2D eigenvalue weighted by molar-refractivity contribution is 5.32. The Bertz CT molecular complexity index is 436. The van der Waals surface area contributed by atoms with Crippen molar-refractivity contribution in [1.82, 2.24) is 4.90 Å². The summed E-state index contributed by atoms with van der Waals surface area (Å²) in [6.07, 6.45) is 1.13. The number of nitrogens with zero attached hydrogens (tertiary/aromatic N) is 1. The molecule has 1 saturated heterocycles. The summed E-state index contributed by atoms with van der Waals surface area (Å²) in [5.74, 6) is -1.28. The van der Waals surface area contributed by atoms with Crippen LogP contribution >= 0.6 is 0 Å². The molecule has 0 saturated carbocycles. The smallest absolute Gasteiger partial charge is 0.135 e. The predicted molar refractivity (Wildman–Crippen MR) is 61.7 cm³/mol. The molecule has 1 aliphatic rings. The van der Waals surface area contributed by atoms with Crippen LogP contribution in [0.25, 0.3) is 0 Å². The lowest BCUT2D eigenvalue weighted by Crippen LogP contribution is -2.45. The van der Waals surface area contributed by atoms with Gasteiger partial charge in [-0.25, -0.2) is 8.78 Å². The molecule has 1 heterocycles. The Hall–Kier alpha value is -1.00. The number of hydrogen-bond donors (Lipinski definition) is 1. The van der Waals surface area contributed by atoms with Gasteiger partial charge in [0.2, 0.25) is 0 Å². The van der Waals surface area contributed by atoms with Crippen LogP contribution in [-0.4, -0.2) is 30.1 Å². The van der Waals surface area contributed by atoms with Crippen molar-refractivity contribution in [2.45, 2.75) is 25.4 Å². The van der Waals surface area contributed by atoms with Gasteiger partial charge in [-0.2, -0.15) is 0 Å². The van der Waals surface area contributed by atoms with E-state index in [-0.39, 0.29) is 12.1 Å². The van der Waals surface area contributed by atoms with E-state index < -0.39 is 17.2 Å². The van der Waals surface area contributed by atoms with Crippen molar-refractivity contribution in [2.24, 2.45) is 0 Å². The SMILES string of the molecule is Cc1ccc(F)c(C2(O)CCCN(C)C2)c1F. The van der Waals surface area contributed by atoms with Gasteiger partial charge in [0, 0.05) is 6.54 Å². The van der Waals surface area contributed by atoms with E-state index in [0.717, 1.165) is 13.0 Å². The third-order valence-electron chi connectivity index (χ3n) is 3.41. The molecule has 94 valence electrons. The summed E-state index contributed by atoms with van der Waals surface area (Å²) in [7, 11) is 1.84. The molecule has 1 aliphatic heterocycles. The maximum atomic E-state index is 14.0. The maximum absolute atomic E-state index is 14.0. The van der Waals surface area contributed by atoms with Gasteiger partial charge in [-0.05, 0) is 45.0 Å². The number of aryl methyl sites for hydroxylation is 1. The Morgan fingerprint density at radius 3 is 2.71 bits per heavy atom. The van der Waals surface area contributed by atoms with E-state index in [4.69, 9.17) is 0 Å². The molecule has 4 heteroatoms. The summed E-state index contributed by atoms with van der Waals surface area (Å²) in [6, 6.07) is 2.62. The number of aliphatic hydroxyl groups is 1. The monoisotopic (exact) mass is 241 g/mol. The number of hydrogen-bond acceptors (Lipinski definition) is 2. The van der Waals surface area contributed by atoms with Crippen LogP contribution in [0.4, 0.5) is 8.78 Å². The first-order chi connectivity index (χ1) is 7.94. The molecule has 2 rings (SSSR count). The van der Waals surface area contributed by atoms with E-state index in [1.807, 2.05) is 11.9 Å². The van der Waals surface area contributed by atoms with Crippen molar-refractivity contribution in [2.75, 3.05) is 20.1 Å². The van der Waals surface area contributed by atoms with Crippen molar-refractivity contribution < 1.29 is 13.9 Å². The van der Waals surface area contributed by atoms with Crippen molar-refractivity contribution >= 4 is 0 Å². The summed E-state index contributed by atoms with van der Waals surface area (Å²) in [5.41, 5.74) is -1.22. The van der Waals surface area contributed by atoms with Gasteiger partial charge in [0.25, 0.3) is 0 Å². The molecule has 1 unspecified atom stereocenters. The second kappa shape index (κ2) is 4.35. The molecule has 0 bridgehead atoms. The van der Waals surface area contributed by atoms with Crippen molar-refractivity contribution in [3.8, 4) is 0 Å². The van der Waals surface area contributed by atoms with Crippen LogP contribution in [0, 0.1) is 18.6 Å². The standard InChI is InChI=1S/C13H17F2NO/c1-9-4-5-10(14)11(12(9)15)13(17)6-3-7-16(2)8-13/h4-5,17H,3,6-8H2,1-2H3. The Morgan fingerprint density at radius 2 is 2.06 bits per heavy atom. The average Bonchev–Trinajstić information content (AvgIpc) is 2.23. The van der Waals surface area contributed by atoms with Crippen LogP contribution in [-0.2, 0) is 5.60 Å². The van der Waals surface area contributed by atoms with E-state index in [9.17, 15) is 13.9 Å². The molecule has 1 aromatic rings. The largest absolute Gasteiger partial charge is 0.384 e. The van der Waals surface area contributed by atoms with Gasteiger partial charge in [-0.3, -0.25) is 0 Å². The van der Waals surface area contributed by atoms with Gasteiger partial charge >= 0.3 is 0 Å². The highest BCUT2D eigenvalue weighted by atomic mass is 19.1. The molecule has 2 nitrogen and oxygen atoms in total.